The van der Waals surface area contributed by atoms with E-state index in [2.05, 4.69) is 5.32 Å². The summed E-state index contributed by atoms with van der Waals surface area (Å²) in [6.07, 6.45) is 2.50. The summed E-state index contributed by atoms with van der Waals surface area (Å²) < 4.78 is 0. The van der Waals surface area contributed by atoms with Crippen molar-refractivity contribution in [2.45, 2.75) is 66.0 Å². The minimum absolute atomic E-state index is 0.00556. The van der Waals surface area contributed by atoms with Gasteiger partial charge in [-0.3, -0.25) is 9.59 Å². The van der Waals surface area contributed by atoms with Crippen LogP contribution >= 0.6 is 0 Å². The van der Waals surface area contributed by atoms with E-state index in [1.807, 2.05) is 34.6 Å². The first kappa shape index (κ1) is 15.0. The molecule has 1 rings (SSSR count). The highest BCUT2D eigenvalue weighted by Gasteiger charge is 2.45. The molecule has 104 valence electrons. The van der Waals surface area contributed by atoms with Gasteiger partial charge < -0.3 is 10.2 Å². The third-order valence-electron chi connectivity index (χ3n) is 3.32. The van der Waals surface area contributed by atoms with Gasteiger partial charge in [0.1, 0.15) is 12.1 Å². The predicted molar refractivity (Wildman–Crippen MR) is 72.1 cm³/mol. The van der Waals surface area contributed by atoms with Gasteiger partial charge in [-0.15, -0.1) is 0 Å². The maximum Gasteiger partial charge on any atom is 0.245 e. The minimum atomic E-state index is -0.349. The van der Waals surface area contributed by atoms with Crippen LogP contribution in [-0.4, -0.2) is 35.3 Å². The van der Waals surface area contributed by atoms with Crippen molar-refractivity contribution in [1.29, 1.82) is 0 Å². The molecule has 0 saturated carbocycles. The molecule has 1 saturated heterocycles. The lowest BCUT2D eigenvalue weighted by Gasteiger charge is -2.44. The number of carbonyl (C=O) groups is 2. The van der Waals surface area contributed by atoms with Gasteiger partial charge in [0, 0.05) is 6.54 Å². The first-order chi connectivity index (χ1) is 8.32. The summed E-state index contributed by atoms with van der Waals surface area (Å²) in [5.74, 6) is 0.0761. The molecule has 2 amide bonds. The zero-order valence-corrected chi connectivity index (χ0v) is 12.2. The van der Waals surface area contributed by atoms with Gasteiger partial charge in [0.05, 0.1) is 0 Å². The van der Waals surface area contributed by atoms with E-state index < -0.39 is 0 Å². The van der Waals surface area contributed by atoms with Crippen molar-refractivity contribution in [3.05, 3.63) is 0 Å². The Balaban J connectivity index is 2.99. The lowest BCUT2D eigenvalue weighted by Crippen LogP contribution is -2.66. The van der Waals surface area contributed by atoms with Gasteiger partial charge in [0.25, 0.3) is 0 Å². The zero-order valence-electron chi connectivity index (χ0n) is 12.2. The molecule has 0 radical (unpaired) electrons. The van der Waals surface area contributed by atoms with Gasteiger partial charge in [-0.1, -0.05) is 41.0 Å². The number of hydrogen-bond acceptors (Lipinski definition) is 2. The second-order valence-electron chi connectivity index (χ2n) is 6.15. The van der Waals surface area contributed by atoms with Crippen molar-refractivity contribution in [2.24, 2.45) is 5.41 Å². The fourth-order valence-corrected chi connectivity index (χ4v) is 2.61. The SMILES string of the molecule is CCCC1NC(=O)C(C(C)(C)C)N(CCC)C1=O. The topological polar surface area (TPSA) is 49.4 Å². The molecule has 1 aliphatic heterocycles. The van der Waals surface area contributed by atoms with Crippen LogP contribution in [0.2, 0.25) is 0 Å². The lowest BCUT2D eigenvalue weighted by molar-refractivity contribution is -0.154. The average molecular weight is 254 g/mol. The van der Waals surface area contributed by atoms with E-state index in [-0.39, 0.29) is 29.3 Å². The van der Waals surface area contributed by atoms with Crippen LogP contribution < -0.4 is 5.32 Å². The molecule has 2 unspecified atom stereocenters. The molecule has 1 N–H and O–H groups in total. The van der Waals surface area contributed by atoms with Crippen molar-refractivity contribution < 1.29 is 9.59 Å². The van der Waals surface area contributed by atoms with Crippen LogP contribution in [0.25, 0.3) is 0 Å². The first-order valence-electron chi connectivity index (χ1n) is 6.93. The Bertz CT molecular complexity index is 320. The van der Waals surface area contributed by atoms with Crippen LogP contribution in [0.1, 0.15) is 53.9 Å². The Morgan fingerprint density at radius 2 is 1.78 bits per heavy atom. The Morgan fingerprint density at radius 3 is 2.22 bits per heavy atom. The highest BCUT2D eigenvalue weighted by atomic mass is 16.2. The molecule has 18 heavy (non-hydrogen) atoms. The van der Waals surface area contributed by atoms with Crippen molar-refractivity contribution in [2.75, 3.05) is 6.54 Å². The van der Waals surface area contributed by atoms with Crippen molar-refractivity contribution in [1.82, 2.24) is 10.2 Å². The number of piperazine rings is 1. The number of hydrogen-bond donors (Lipinski definition) is 1. The second kappa shape index (κ2) is 5.72. The molecule has 0 aliphatic carbocycles. The minimum Gasteiger partial charge on any atom is -0.342 e. The van der Waals surface area contributed by atoms with Crippen molar-refractivity contribution >= 4 is 11.8 Å². The van der Waals surface area contributed by atoms with E-state index in [1.54, 1.807) is 4.90 Å². The largest absolute Gasteiger partial charge is 0.342 e. The van der Waals surface area contributed by atoms with E-state index in [1.165, 1.54) is 0 Å². The summed E-state index contributed by atoms with van der Waals surface area (Å²) >= 11 is 0. The fourth-order valence-electron chi connectivity index (χ4n) is 2.61. The van der Waals surface area contributed by atoms with Crippen LogP contribution in [-0.2, 0) is 9.59 Å². The zero-order chi connectivity index (χ0) is 13.9. The van der Waals surface area contributed by atoms with Gasteiger partial charge >= 0.3 is 0 Å². The maximum absolute atomic E-state index is 12.4. The monoisotopic (exact) mass is 254 g/mol. The summed E-state index contributed by atoms with van der Waals surface area (Å²) in [7, 11) is 0. The molecule has 0 spiro atoms. The number of nitrogens with zero attached hydrogens (tertiary/aromatic N) is 1. The number of amides is 2. The lowest BCUT2D eigenvalue weighted by atomic mass is 9.82. The van der Waals surface area contributed by atoms with E-state index in [0.29, 0.717) is 6.54 Å². The summed E-state index contributed by atoms with van der Waals surface area (Å²) in [4.78, 5) is 26.4. The Morgan fingerprint density at radius 1 is 1.17 bits per heavy atom. The second-order valence-corrected chi connectivity index (χ2v) is 6.15. The highest BCUT2D eigenvalue weighted by molar-refractivity contribution is 5.97. The van der Waals surface area contributed by atoms with E-state index >= 15 is 0 Å². The van der Waals surface area contributed by atoms with Crippen LogP contribution in [0.15, 0.2) is 0 Å². The van der Waals surface area contributed by atoms with Crippen LogP contribution in [0.5, 0.6) is 0 Å². The molecule has 1 heterocycles. The standard InChI is InChI=1S/C14H26N2O2/c1-6-8-10-13(18)16(9-7-2)11(12(17)15-10)14(3,4)5/h10-11H,6-9H2,1-5H3,(H,15,17). The molecule has 4 nitrogen and oxygen atoms in total. The summed E-state index contributed by atoms with van der Waals surface area (Å²) in [5.41, 5.74) is -0.230. The van der Waals surface area contributed by atoms with Gasteiger partial charge in [-0.25, -0.2) is 0 Å². The van der Waals surface area contributed by atoms with Crippen molar-refractivity contribution in [3.63, 3.8) is 0 Å². The molecule has 0 aromatic heterocycles. The third kappa shape index (κ3) is 3.03. The number of nitrogens with one attached hydrogen (secondary N) is 1. The van der Waals surface area contributed by atoms with Crippen LogP contribution in [0.3, 0.4) is 0 Å². The Labute approximate surface area is 110 Å². The van der Waals surface area contributed by atoms with Gasteiger partial charge in [-0.2, -0.15) is 0 Å². The summed E-state index contributed by atoms with van der Waals surface area (Å²) in [5, 5.41) is 2.88. The predicted octanol–water partition coefficient (Wildman–Crippen LogP) is 1.94. The third-order valence-corrected chi connectivity index (χ3v) is 3.32. The normalized spacial score (nSPS) is 25.3. The summed E-state index contributed by atoms with van der Waals surface area (Å²) in [6, 6.07) is -0.675. The molecular weight excluding hydrogens is 228 g/mol. The van der Waals surface area contributed by atoms with Gasteiger partial charge in [0.2, 0.25) is 11.8 Å². The van der Waals surface area contributed by atoms with Gasteiger partial charge in [-0.05, 0) is 18.3 Å². The van der Waals surface area contributed by atoms with Crippen LogP contribution in [0.4, 0.5) is 0 Å². The van der Waals surface area contributed by atoms with E-state index in [0.717, 1.165) is 19.3 Å². The van der Waals surface area contributed by atoms with E-state index in [9.17, 15) is 9.59 Å². The van der Waals surface area contributed by atoms with Gasteiger partial charge in [0.15, 0.2) is 0 Å². The fraction of sp³-hybridized carbons (Fsp3) is 0.857. The molecular formula is C14H26N2O2. The quantitative estimate of drug-likeness (QED) is 0.833. The number of carbonyl (C=O) groups excluding carboxylic acids is 2. The molecule has 4 heteroatoms. The molecule has 0 aromatic carbocycles. The molecule has 0 aromatic rings. The maximum atomic E-state index is 12.4. The number of rotatable bonds is 4. The average Bonchev–Trinajstić information content (AvgIpc) is 2.23. The van der Waals surface area contributed by atoms with E-state index in [4.69, 9.17) is 0 Å². The van der Waals surface area contributed by atoms with Crippen molar-refractivity contribution in [3.8, 4) is 0 Å². The molecule has 2 atom stereocenters. The highest BCUT2D eigenvalue weighted by Crippen LogP contribution is 2.28. The Hall–Kier alpha value is -1.06. The molecule has 1 aliphatic rings. The summed E-state index contributed by atoms with van der Waals surface area (Å²) in [6.45, 7) is 10.7. The Kier molecular flexibility index (Phi) is 4.77. The van der Waals surface area contributed by atoms with Crippen LogP contribution in [0, 0.1) is 5.41 Å². The molecule has 1 fully saturated rings. The molecule has 0 bridgehead atoms. The smallest absolute Gasteiger partial charge is 0.245 e. The first-order valence-corrected chi connectivity index (χ1v) is 6.93.